The summed E-state index contributed by atoms with van der Waals surface area (Å²) in [6.07, 6.45) is 7.05. The second-order valence-corrected chi connectivity index (χ2v) is 13.3. The van der Waals surface area contributed by atoms with E-state index in [0.717, 1.165) is 63.0 Å². The molecule has 218 valence electrons. The lowest BCUT2D eigenvalue weighted by molar-refractivity contribution is 0.0605. The first kappa shape index (κ1) is 30.6. The van der Waals surface area contributed by atoms with E-state index in [1.54, 1.807) is 24.8 Å². The number of rotatable bonds is 6. The highest BCUT2D eigenvalue weighted by molar-refractivity contribution is 9.10. The molecule has 0 radical (unpaired) electrons. The van der Waals surface area contributed by atoms with Gasteiger partial charge < -0.3 is 21.1 Å². The quantitative estimate of drug-likeness (QED) is 0.146. The summed E-state index contributed by atoms with van der Waals surface area (Å²) in [6, 6.07) is 15.8. The number of anilines is 4. The molecule has 4 N–H and O–H groups in total. The molecule has 0 unspecified atom stereocenters. The Labute approximate surface area is 272 Å². The molecule has 0 saturated carbocycles. The molecule has 43 heavy (non-hydrogen) atoms. The third kappa shape index (κ3) is 6.72. The highest BCUT2D eigenvalue weighted by Gasteiger charge is 2.19. The summed E-state index contributed by atoms with van der Waals surface area (Å²) in [4.78, 5) is 33.0. The minimum atomic E-state index is -0.400. The summed E-state index contributed by atoms with van der Waals surface area (Å²) in [5.41, 5.74) is 10.9. The lowest BCUT2D eigenvalue weighted by Crippen LogP contribution is -2.09. The van der Waals surface area contributed by atoms with Crippen LogP contribution in [0.2, 0.25) is 0 Å². The number of carbonyl (C=O) groups excluding carboxylic acids is 2. The summed E-state index contributed by atoms with van der Waals surface area (Å²) in [5.74, 6) is -0.711. The molecule has 6 rings (SSSR count). The largest absolute Gasteiger partial charge is 0.465 e. The molecule has 1 amide bonds. The molecule has 0 aliphatic heterocycles. The fourth-order valence-electron chi connectivity index (χ4n) is 4.50. The Morgan fingerprint density at radius 3 is 1.56 bits per heavy atom. The van der Waals surface area contributed by atoms with Crippen molar-refractivity contribution < 1.29 is 14.3 Å². The summed E-state index contributed by atoms with van der Waals surface area (Å²) in [7, 11) is 1.39. The van der Waals surface area contributed by atoms with Crippen molar-refractivity contribution in [2.45, 2.75) is 13.8 Å². The van der Waals surface area contributed by atoms with Crippen molar-refractivity contribution in [3.8, 4) is 0 Å². The van der Waals surface area contributed by atoms with Gasteiger partial charge in [0.2, 0.25) is 0 Å². The number of hydrogen-bond acceptors (Lipinski definition) is 9. The maximum absolute atomic E-state index is 11.9. The number of pyridine rings is 2. The normalized spacial score (nSPS) is 10.7. The van der Waals surface area contributed by atoms with Crippen molar-refractivity contribution in [1.82, 2.24) is 9.97 Å². The number of amides is 1. The van der Waals surface area contributed by atoms with Gasteiger partial charge >= 0.3 is 5.97 Å². The number of nitrogens with one attached hydrogen (secondary N) is 2. The van der Waals surface area contributed by atoms with Gasteiger partial charge in [-0.15, -0.1) is 22.7 Å². The van der Waals surface area contributed by atoms with Crippen LogP contribution in [0.15, 0.2) is 82.3 Å². The number of nitrogens with zero attached hydrogens (tertiary/aromatic N) is 2. The average Bonchev–Trinajstić information content (AvgIpc) is 3.53. The van der Waals surface area contributed by atoms with Gasteiger partial charge in [-0.3, -0.25) is 14.8 Å². The first-order valence-electron chi connectivity index (χ1n) is 12.8. The Morgan fingerprint density at radius 1 is 0.721 bits per heavy atom. The number of primary amides is 1. The molecule has 0 spiro atoms. The number of aryl methyl sites for hydroxylation is 2. The number of thiophene rings is 2. The van der Waals surface area contributed by atoms with E-state index >= 15 is 0 Å². The lowest BCUT2D eigenvalue weighted by Gasteiger charge is -2.08. The average molecular weight is 740 g/mol. The number of ether oxygens (including phenoxy) is 1. The van der Waals surface area contributed by atoms with Crippen LogP contribution in [-0.2, 0) is 4.74 Å². The highest BCUT2D eigenvalue weighted by Crippen LogP contribution is 2.37. The van der Waals surface area contributed by atoms with Gasteiger partial charge in [0.05, 0.1) is 45.2 Å². The zero-order chi connectivity index (χ0) is 30.7. The Morgan fingerprint density at radius 2 is 1.14 bits per heavy atom. The predicted molar refractivity (Wildman–Crippen MR) is 183 cm³/mol. The van der Waals surface area contributed by atoms with Crippen molar-refractivity contribution in [3.05, 3.63) is 103 Å². The van der Waals surface area contributed by atoms with Gasteiger partial charge in [-0.1, -0.05) is 31.9 Å². The minimum Gasteiger partial charge on any atom is -0.465 e. The van der Waals surface area contributed by atoms with E-state index in [2.05, 4.69) is 52.5 Å². The van der Waals surface area contributed by atoms with Crippen LogP contribution in [0.25, 0.3) is 20.2 Å². The van der Waals surface area contributed by atoms with Crippen LogP contribution in [0.5, 0.6) is 0 Å². The topological polar surface area (TPSA) is 119 Å². The Balaban J connectivity index is 0.000000171. The van der Waals surface area contributed by atoms with Gasteiger partial charge in [0, 0.05) is 43.5 Å². The van der Waals surface area contributed by atoms with E-state index in [0.29, 0.717) is 9.75 Å². The zero-order valence-electron chi connectivity index (χ0n) is 23.2. The Kier molecular flexibility index (Phi) is 9.40. The summed E-state index contributed by atoms with van der Waals surface area (Å²) >= 11 is 9.61. The molecule has 0 bridgehead atoms. The van der Waals surface area contributed by atoms with Crippen LogP contribution in [0.3, 0.4) is 0 Å². The molecule has 6 aromatic rings. The van der Waals surface area contributed by atoms with Crippen LogP contribution in [0.1, 0.15) is 30.5 Å². The molecule has 0 fully saturated rings. The fourth-order valence-corrected chi connectivity index (χ4v) is 7.20. The van der Waals surface area contributed by atoms with Crippen molar-refractivity contribution >= 4 is 109 Å². The number of methoxy groups -OCH3 is 1. The van der Waals surface area contributed by atoms with E-state index in [9.17, 15) is 9.59 Å². The van der Waals surface area contributed by atoms with Gasteiger partial charge in [-0.25, -0.2) is 4.79 Å². The maximum Gasteiger partial charge on any atom is 0.348 e. The molecule has 2 aromatic carbocycles. The van der Waals surface area contributed by atoms with E-state index < -0.39 is 5.91 Å². The highest BCUT2D eigenvalue weighted by atomic mass is 79.9. The number of esters is 1. The SMILES string of the molecule is COC(=O)c1sc2cncc(Nc3ccc(Br)cc3)c2c1C.Cc1c(C(N)=O)sc2cncc(Nc3ccc(Br)cc3)c12. The number of nitrogens with two attached hydrogens (primary N) is 1. The van der Waals surface area contributed by atoms with E-state index in [1.165, 1.54) is 29.8 Å². The van der Waals surface area contributed by atoms with Crippen molar-refractivity contribution in [1.29, 1.82) is 0 Å². The molecule has 0 saturated heterocycles. The van der Waals surface area contributed by atoms with Gasteiger partial charge in [0.1, 0.15) is 4.88 Å². The van der Waals surface area contributed by atoms with Gasteiger partial charge in [0.25, 0.3) is 5.91 Å². The van der Waals surface area contributed by atoms with Gasteiger partial charge in [0.15, 0.2) is 0 Å². The number of carbonyl (C=O) groups is 2. The van der Waals surface area contributed by atoms with E-state index in [1.807, 2.05) is 62.4 Å². The van der Waals surface area contributed by atoms with Crippen LogP contribution < -0.4 is 16.4 Å². The van der Waals surface area contributed by atoms with Crippen LogP contribution in [0, 0.1) is 13.8 Å². The predicted octanol–water partition coefficient (Wildman–Crippen LogP) is 9.11. The molecule has 0 aliphatic rings. The number of halogens is 2. The van der Waals surface area contributed by atoms with Crippen LogP contribution in [0.4, 0.5) is 22.7 Å². The number of aromatic nitrogens is 2. The molecule has 4 aromatic heterocycles. The molecular weight excluding hydrogens is 714 g/mol. The monoisotopic (exact) mass is 737 g/mol. The maximum atomic E-state index is 11.9. The number of fused-ring (bicyclic) bond motifs is 2. The summed E-state index contributed by atoms with van der Waals surface area (Å²) < 4.78 is 8.79. The first-order valence-corrected chi connectivity index (χ1v) is 16.1. The van der Waals surface area contributed by atoms with E-state index in [4.69, 9.17) is 10.5 Å². The van der Waals surface area contributed by atoms with Gasteiger partial charge in [-0.2, -0.15) is 0 Å². The third-order valence-electron chi connectivity index (χ3n) is 6.52. The standard InChI is InChI=1S/C16H13BrN2O2S.C15H12BrN3OS/c1-9-14-12(19-11-5-3-10(17)4-6-11)7-18-8-13(14)22-15(9)16(20)21-2;1-8-13-11(19-10-4-2-9(16)3-5-10)6-18-7-12(13)21-14(8)15(17)20/h3-8,19H,1-2H3;2-7,19H,1H3,(H2,17,20). The first-order chi connectivity index (χ1) is 20.7. The summed E-state index contributed by atoms with van der Waals surface area (Å²) in [6.45, 7) is 3.84. The Hall–Kier alpha value is -3.84. The number of hydrogen-bond donors (Lipinski definition) is 3. The second kappa shape index (κ2) is 13.2. The molecule has 0 aliphatic carbocycles. The van der Waals surface area contributed by atoms with Gasteiger partial charge in [-0.05, 0) is 73.5 Å². The fraction of sp³-hybridized carbons (Fsp3) is 0.0968. The minimum absolute atomic E-state index is 0.312. The molecule has 8 nitrogen and oxygen atoms in total. The van der Waals surface area contributed by atoms with E-state index in [-0.39, 0.29) is 5.97 Å². The third-order valence-corrected chi connectivity index (χ3v) is 10.0. The van der Waals surface area contributed by atoms with Crippen molar-refractivity contribution in [3.63, 3.8) is 0 Å². The smallest absolute Gasteiger partial charge is 0.348 e. The molecular formula is C31H25Br2N5O3S2. The van der Waals surface area contributed by atoms with Crippen molar-refractivity contribution in [2.75, 3.05) is 17.7 Å². The molecule has 0 atom stereocenters. The summed E-state index contributed by atoms with van der Waals surface area (Å²) in [5, 5.41) is 8.69. The Bertz CT molecular complexity index is 1960. The van der Waals surface area contributed by atoms with Crippen molar-refractivity contribution in [2.24, 2.45) is 5.73 Å². The number of benzene rings is 2. The lowest BCUT2D eigenvalue weighted by atomic mass is 10.1. The molecule has 4 heterocycles. The van der Waals surface area contributed by atoms with Crippen LogP contribution in [-0.4, -0.2) is 29.0 Å². The molecule has 12 heteroatoms. The van der Waals surface area contributed by atoms with Crippen LogP contribution >= 0.6 is 54.5 Å². The zero-order valence-corrected chi connectivity index (χ0v) is 28.0. The second-order valence-electron chi connectivity index (χ2n) is 9.35.